The van der Waals surface area contributed by atoms with Crippen molar-refractivity contribution in [2.45, 2.75) is 44.6 Å². The summed E-state index contributed by atoms with van der Waals surface area (Å²) in [5.74, 6) is -0.200. The van der Waals surface area contributed by atoms with Crippen molar-refractivity contribution >= 4 is 21.6 Å². The molecule has 0 aliphatic carbocycles. The number of carbonyl (C=O) groups is 1. The molecule has 0 saturated heterocycles. The lowest BCUT2D eigenvalue weighted by atomic mass is 10.1. The minimum Gasteiger partial charge on any atom is -0.349 e. The summed E-state index contributed by atoms with van der Waals surface area (Å²) in [6.45, 7) is 5.83. The first-order valence-electron chi connectivity index (χ1n) is 8.36. The molecule has 0 aliphatic rings. The lowest BCUT2D eigenvalue weighted by molar-refractivity contribution is 0.0935. The Morgan fingerprint density at radius 1 is 1.04 bits per heavy atom. The van der Waals surface area contributed by atoms with Crippen LogP contribution in [0.1, 0.15) is 42.6 Å². The van der Waals surface area contributed by atoms with E-state index in [-0.39, 0.29) is 16.8 Å². The largest absolute Gasteiger partial charge is 0.349 e. The average Bonchev–Trinajstić information content (AvgIpc) is 2.62. The lowest BCUT2D eigenvalue weighted by Crippen LogP contribution is -2.33. The first-order chi connectivity index (χ1) is 11.9. The Kier molecular flexibility index (Phi) is 6.20. The number of benzene rings is 2. The molecule has 6 heteroatoms. The standard InChI is InChI=1S/C19H24N2O3S/c1-4-16(5-2)20-19(22)15-12-11-14(3)18(13-15)21-25(23,24)17-9-7-6-8-10-17/h6-13,16,21H,4-5H2,1-3H3,(H,20,22). The summed E-state index contributed by atoms with van der Waals surface area (Å²) in [7, 11) is -3.69. The average molecular weight is 360 g/mol. The third-order valence-corrected chi connectivity index (χ3v) is 5.50. The summed E-state index contributed by atoms with van der Waals surface area (Å²) in [5.41, 5.74) is 1.59. The minimum atomic E-state index is -3.69. The van der Waals surface area contributed by atoms with E-state index in [1.165, 1.54) is 12.1 Å². The van der Waals surface area contributed by atoms with Crippen LogP contribution in [0.4, 0.5) is 5.69 Å². The van der Waals surface area contributed by atoms with Gasteiger partial charge in [0.05, 0.1) is 10.6 Å². The van der Waals surface area contributed by atoms with E-state index in [9.17, 15) is 13.2 Å². The van der Waals surface area contributed by atoms with Gasteiger partial charge in [0.25, 0.3) is 15.9 Å². The fourth-order valence-electron chi connectivity index (χ4n) is 2.44. The normalized spacial score (nSPS) is 11.4. The molecule has 2 aromatic rings. The Bertz CT molecular complexity index is 829. The summed E-state index contributed by atoms with van der Waals surface area (Å²) >= 11 is 0. The molecule has 0 fully saturated rings. The lowest BCUT2D eigenvalue weighted by Gasteiger charge is -2.16. The van der Waals surface area contributed by atoms with Gasteiger partial charge in [-0.15, -0.1) is 0 Å². The van der Waals surface area contributed by atoms with Gasteiger partial charge in [-0.25, -0.2) is 8.42 Å². The van der Waals surface area contributed by atoms with Crippen LogP contribution in [0.25, 0.3) is 0 Å². The quantitative estimate of drug-likeness (QED) is 0.790. The van der Waals surface area contributed by atoms with Gasteiger partial charge < -0.3 is 5.32 Å². The number of anilines is 1. The number of amides is 1. The topological polar surface area (TPSA) is 75.3 Å². The molecule has 2 N–H and O–H groups in total. The van der Waals surface area contributed by atoms with E-state index in [4.69, 9.17) is 0 Å². The highest BCUT2D eigenvalue weighted by atomic mass is 32.2. The third-order valence-electron chi connectivity index (χ3n) is 4.12. The van der Waals surface area contributed by atoms with Gasteiger partial charge in [0, 0.05) is 11.6 Å². The van der Waals surface area contributed by atoms with Crippen LogP contribution in [0.15, 0.2) is 53.4 Å². The molecule has 0 spiro atoms. The molecule has 134 valence electrons. The number of hydrogen-bond acceptors (Lipinski definition) is 3. The van der Waals surface area contributed by atoms with Gasteiger partial charge in [-0.3, -0.25) is 9.52 Å². The second-order valence-electron chi connectivity index (χ2n) is 5.94. The van der Waals surface area contributed by atoms with Gasteiger partial charge in [-0.05, 0) is 49.6 Å². The molecule has 0 unspecified atom stereocenters. The Hall–Kier alpha value is -2.34. The van der Waals surface area contributed by atoms with E-state index >= 15 is 0 Å². The van der Waals surface area contributed by atoms with Crippen molar-refractivity contribution in [1.82, 2.24) is 5.32 Å². The first-order valence-corrected chi connectivity index (χ1v) is 9.85. The molecule has 0 aliphatic heterocycles. The Morgan fingerprint density at radius 2 is 1.68 bits per heavy atom. The van der Waals surface area contributed by atoms with E-state index in [2.05, 4.69) is 10.0 Å². The molecule has 0 heterocycles. The van der Waals surface area contributed by atoms with Crippen molar-refractivity contribution in [1.29, 1.82) is 0 Å². The van der Waals surface area contributed by atoms with Gasteiger partial charge in [0.1, 0.15) is 0 Å². The summed E-state index contributed by atoms with van der Waals surface area (Å²) in [4.78, 5) is 12.6. The van der Waals surface area contributed by atoms with Gasteiger partial charge in [-0.1, -0.05) is 38.1 Å². The molecule has 0 saturated carbocycles. The van der Waals surface area contributed by atoms with Crippen molar-refractivity contribution in [3.05, 3.63) is 59.7 Å². The van der Waals surface area contributed by atoms with Crippen molar-refractivity contribution in [2.75, 3.05) is 4.72 Å². The molecule has 0 aromatic heterocycles. The number of aryl methyl sites for hydroxylation is 1. The van der Waals surface area contributed by atoms with Crippen LogP contribution in [0.2, 0.25) is 0 Å². The summed E-state index contributed by atoms with van der Waals surface area (Å²) in [5, 5.41) is 2.96. The van der Waals surface area contributed by atoms with Crippen LogP contribution in [-0.2, 0) is 10.0 Å². The SMILES string of the molecule is CCC(CC)NC(=O)c1ccc(C)c(NS(=O)(=O)c2ccccc2)c1. The predicted octanol–water partition coefficient (Wildman–Crippen LogP) is 3.71. The van der Waals surface area contributed by atoms with E-state index in [0.717, 1.165) is 18.4 Å². The van der Waals surface area contributed by atoms with Crippen LogP contribution in [0.3, 0.4) is 0 Å². The monoisotopic (exact) mass is 360 g/mol. The minimum absolute atomic E-state index is 0.110. The zero-order valence-electron chi connectivity index (χ0n) is 14.7. The van der Waals surface area contributed by atoms with Crippen LogP contribution in [-0.4, -0.2) is 20.4 Å². The van der Waals surface area contributed by atoms with Gasteiger partial charge >= 0.3 is 0 Å². The molecular formula is C19H24N2O3S. The summed E-state index contributed by atoms with van der Waals surface area (Å²) in [6, 6.07) is 13.3. The highest BCUT2D eigenvalue weighted by Crippen LogP contribution is 2.21. The second kappa shape index (κ2) is 8.16. The predicted molar refractivity (Wildman–Crippen MR) is 100 cm³/mol. The zero-order valence-corrected chi connectivity index (χ0v) is 15.6. The summed E-state index contributed by atoms with van der Waals surface area (Å²) in [6.07, 6.45) is 1.70. The maximum atomic E-state index is 12.5. The summed E-state index contributed by atoms with van der Waals surface area (Å²) < 4.78 is 27.6. The van der Waals surface area contributed by atoms with Gasteiger partial charge in [-0.2, -0.15) is 0 Å². The highest BCUT2D eigenvalue weighted by molar-refractivity contribution is 7.92. The van der Waals surface area contributed by atoms with Gasteiger partial charge in [0.2, 0.25) is 0 Å². The third kappa shape index (κ3) is 4.82. The Morgan fingerprint density at radius 3 is 2.28 bits per heavy atom. The Balaban J connectivity index is 2.26. The van der Waals surface area contributed by atoms with E-state index in [1.807, 2.05) is 13.8 Å². The van der Waals surface area contributed by atoms with Gasteiger partial charge in [0.15, 0.2) is 0 Å². The van der Waals surface area contributed by atoms with Crippen molar-refractivity contribution < 1.29 is 13.2 Å². The molecule has 0 radical (unpaired) electrons. The van der Waals surface area contributed by atoms with Crippen LogP contribution in [0, 0.1) is 6.92 Å². The van der Waals surface area contributed by atoms with Crippen molar-refractivity contribution in [2.24, 2.45) is 0 Å². The fourth-order valence-corrected chi connectivity index (χ4v) is 3.58. The maximum absolute atomic E-state index is 12.5. The number of nitrogens with one attached hydrogen (secondary N) is 2. The molecule has 5 nitrogen and oxygen atoms in total. The number of rotatable bonds is 7. The molecule has 2 rings (SSSR count). The second-order valence-corrected chi connectivity index (χ2v) is 7.62. The number of carbonyl (C=O) groups excluding carboxylic acids is 1. The molecule has 25 heavy (non-hydrogen) atoms. The van der Waals surface area contributed by atoms with Crippen molar-refractivity contribution in [3.8, 4) is 0 Å². The van der Waals surface area contributed by atoms with E-state index in [1.54, 1.807) is 43.3 Å². The first kappa shape index (κ1) is 19.0. The molecule has 0 atom stereocenters. The zero-order chi connectivity index (χ0) is 18.4. The van der Waals surface area contributed by atoms with Crippen LogP contribution >= 0.6 is 0 Å². The Labute approximate surface area is 149 Å². The van der Waals surface area contributed by atoms with Crippen LogP contribution in [0.5, 0.6) is 0 Å². The molecule has 2 aromatic carbocycles. The van der Waals surface area contributed by atoms with E-state index in [0.29, 0.717) is 11.3 Å². The highest BCUT2D eigenvalue weighted by Gasteiger charge is 2.17. The number of hydrogen-bond donors (Lipinski definition) is 2. The van der Waals surface area contributed by atoms with Crippen molar-refractivity contribution in [3.63, 3.8) is 0 Å². The molecule has 1 amide bonds. The molecular weight excluding hydrogens is 336 g/mol. The van der Waals surface area contributed by atoms with Crippen LogP contribution < -0.4 is 10.0 Å². The number of sulfonamides is 1. The maximum Gasteiger partial charge on any atom is 0.261 e. The fraction of sp³-hybridized carbons (Fsp3) is 0.316. The molecule has 0 bridgehead atoms. The van der Waals surface area contributed by atoms with E-state index < -0.39 is 10.0 Å². The smallest absolute Gasteiger partial charge is 0.261 e.